The Balaban J connectivity index is 2.77. The Bertz CT molecular complexity index is 322. The molecule has 0 bridgehead atoms. The molecule has 0 heterocycles. The molecule has 0 saturated carbocycles. The van der Waals surface area contributed by atoms with Gasteiger partial charge in [0.25, 0.3) is 0 Å². The fourth-order valence-electron chi connectivity index (χ4n) is 1.66. The minimum Gasteiger partial charge on any atom is -0.324 e. The second kappa shape index (κ2) is 5.66. The predicted molar refractivity (Wildman–Crippen MR) is 69.9 cm³/mol. The van der Waals surface area contributed by atoms with E-state index >= 15 is 0 Å². The van der Waals surface area contributed by atoms with E-state index in [4.69, 9.17) is 5.73 Å². The van der Waals surface area contributed by atoms with E-state index in [0.717, 1.165) is 10.9 Å². The summed E-state index contributed by atoms with van der Waals surface area (Å²) in [6.45, 7) is 6.55. The Morgan fingerprint density at radius 3 is 2.60 bits per heavy atom. The first-order valence-corrected chi connectivity index (χ1v) is 6.35. The molecule has 0 amide bonds. The Kier molecular flexibility index (Phi) is 4.81. The molecule has 1 rings (SSSR count). The van der Waals surface area contributed by atoms with Gasteiger partial charge in [-0.2, -0.15) is 0 Å². The average molecular weight is 270 g/mol. The number of hydrogen-bond acceptors (Lipinski definition) is 1. The van der Waals surface area contributed by atoms with Gasteiger partial charge < -0.3 is 5.73 Å². The molecule has 0 radical (unpaired) electrons. The minimum absolute atomic E-state index is 0.148. The van der Waals surface area contributed by atoms with Crippen molar-refractivity contribution in [3.8, 4) is 0 Å². The van der Waals surface area contributed by atoms with Gasteiger partial charge in [-0.3, -0.25) is 0 Å². The summed E-state index contributed by atoms with van der Waals surface area (Å²) in [5.74, 6) is 0.688. The van der Waals surface area contributed by atoms with Gasteiger partial charge in [-0.25, -0.2) is 0 Å². The molecular formula is C13H20BrN. The van der Waals surface area contributed by atoms with E-state index in [1.54, 1.807) is 0 Å². The van der Waals surface area contributed by atoms with Gasteiger partial charge in [-0.15, -0.1) is 0 Å². The summed E-state index contributed by atoms with van der Waals surface area (Å²) in [6.07, 6.45) is 2.25. The van der Waals surface area contributed by atoms with Crippen molar-refractivity contribution in [2.75, 3.05) is 0 Å². The van der Waals surface area contributed by atoms with E-state index in [9.17, 15) is 0 Å². The summed E-state index contributed by atoms with van der Waals surface area (Å²) in [5, 5.41) is 0. The standard InChI is InChI=1S/C13H20BrN/c1-4-9(2)8-13(15)11-6-5-10(3)7-12(11)14/h5-7,9,13H,4,8,15H2,1-3H3. The van der Waals surface area contributed by atoms with Crippen molar-refractivity contribution in [3.63, 3.8) is 0 Å². The fourth-order valence-corrected chi connectivity index (χ4v) is 2.45. The van der Waals surface area contributed by atoms with E-state index < -0.39 is 0 Å². The van der Waals surface area contributed by atoms with Crippen LogP contribution in [0.2, 0.25) is 0 Å². The van der Waals surface area contributed by atoms with E-state index in [0.29, 0.717) is 5.92 Å². The Morgan fingerprint density at radius 1 is 1.40 bits per heavy atom. The molecule has 1 nitrogen and oxygen atoms in total. The first-order valence-electron chi connectivity index (χ1n) is 5.56. The van der Waals surface area contributed by atoms with Crippen molar-refractivity contribution in [3.05, 3.63) is 33.8 Å². The van der Waals surface area contributed by atoms with Crippen molar-refractivity contribution in [1.82, 2.24) is 0 Å². The van der Waals surface area contributed by atoms with Crippen molar-refractivity contribution >= 4 is 15.9 Å². The van der Waals surface area contributed by atoms with E-state index in [-0.39, 0.29) is 6.04 Å². The summed E-state index contributed by atoms with van der Waals surface area (Å²) in [5.41, 5.74) is 8.68. The molecule has 1 aromatic carbocycles. The summed E-state index contributed by atoms with van der Waals surface area (Å²) in [7, 11) is 0. The lowest BCUT2D eigenvalue weighted by atomic mass is 9.94. The summed E-state index contributed by atoms with van der Waals surface area (Å²) >= 11 is 3.58. The van der Waals surface area contributed by atoms with Crippen LogP contribution in [0.4, 0.5) is 0 Å². The van der Waals surface area contributed by atoms with E-state index in [1.807, 2.05) is 0 Å². The Labute approximate surface area is 101 Å². The number of nitrogens with two attached hydrogens (primary N) is 1. The third kappa shape index (κ3) is 3.62. The second-order valence-corrected chi connectivity index (χ2v) is 5.23. The molecule has 0 aliphatic carbocycles. The molecule has 0 aliphatic rings. The lowest BCUT2D eigenvalue weighted by Crippen LogP contribution is -2.14. The molecule has 1 aromatic rings. The smallest absolute Gasteiger partial charge is 0.0308 e. The summed E-state index contributed by atoms with van der Waals surface area (Å²) in [4.78, 5) is 0. The van der Waals surface area contributed by atoms with Crippen LogP contribution in [0.5, 0.6) is 0 Å². The molecule has 0 aliphatic heterocycles. The highest BCUT2D eigenvalue weighted by atomic mass is 79.9. The predicted octanol–water partition coefficient (Wildman–Crippen LogP) is 4.19. The van der Waals surface area contributed by atoms with Gasteiger partial charge in [0.1, 0.15) is 0 Å². The van der Waals surface area contributed by atoms with Crippen molar-refractivity contribution in [2.45, 2.75) is 39.7 Å². The van der Waals surface area contributed by atoms with Crippen molar-refractivity contribution < 1.29 is 0 Å². The molecule has 84 valence electrons. The van der Waals surface area contributed by atoms with Gasteiger partial charge in [0, 0.05) is 10.5 Å². The molecular weight excluding hydrogens is 250 g/mol. The molecule has 0 saturated heterocycles. The van der Waals surface area contributed by atoms with Crippen LogP contribution in [0.25, 0.3) is 0 Å². The van der Waals surface area contributed by atoms with Crippen LogP contribution in [0.15, 0.2) is 22.7 Å². The molecule has 2 heteroatoms. The van der Waals surface area contributed by atoms with Gasteiger partial charge in [-0.05, 0) is 36.5 Å². The normalized spacial score (nSPS) is 15.0. The zero-order chi connectivity index (χ0) is 11.4. The van der Waals surface area contributed by atoms with Crippen LogP contribution in [-0.2, 0) is 0 Å². The zero-order valence-corrected chi connectivity index (χ0v) is 11.3. The van der Waals surface area contributed by atoms with Crippen molar-refractivity contribution in [1.29, 1.82) is 0 Å². The highest BCUT2D eigenvalue weighted by Crippen LogP contribution is 2.27. The monoisotopic (exact) mass is 269 g/mol. The molecule has 0 aromatic heterocycles. The number of halogens is 1. The molecule has 2 atom stereocenters. The number of aryl methyl sites for hydroxylation is 1. The maximum Gasteiger partial charge on any atom is 0.0308 e. The van der Waals surface area contributed by atoms with Crippen LogP contribution >= 0.6 is 15.9 Å². The Hall–Kier alpha value is -0.340. The average Bonchev–Trinajstić information content (AvgIpc) is 2.17. The summed E-state index contributed by atoms with van der Waals surface area (Å²) < 4.78 is 1.14. The molecule has 15 heavy (non-hydrogen) atoms. The number of benzene rings is 1. The van der Waals surface area contributed by atoms with Crippen molar-refractivity contribution in [2.24, 2.45) is 11.7 Å². The quantitative estimate of drug-likeness (QED) is 0.872. The third-order valence-electron chi connectivity index (χ3n) is 2.91. The topological polar surface area (TPSA) is 26.0 Å². The lowest BCUT2D eigenvalue weighted by Gasteiger charge is -2.17. The van der Waals surface area contributed by atoms with Gasteiger partial charge in [0.05, 0.1) is 0 Å². The molecule has 0 fully saturated rings. The lowest BCUT2D eigenvalue weighted by molar-refractivity contribution is 0.460. The molecule has 2 unspecified atom stereocenters. The first kappa shape index (κ1) is 12.7. The maximum atomic E-state index is 6.19. The van der Waals surface area contributed by atoms with Crippen LogP contribution in [0, 0.1) is 12.8 Å². The van der Waals surface area contributed by atoms with E-state index in [2.05, 4.69) is 54.9 Å². The van der Waals surface area contributed by atoms with Crippen LogP contribution in [-0.4, -0.2) is 0 Å². The fraction of sp³-hybridized carbons (Fsp3) is 0.538. The van der Waals surface area contributed by atoms with Crippen LogP contribution in [0.3, 0.4) is 0 Å². The molecule has 2 N–H and O–H groups in total. The SMILES string of the molecule is CCC(C)CC(N)c1ccc(C)cc1Br. The van der Waals surface area contributed by atoms with Crippen LogP contribution in [0.1, 0.15) is 43.9 Å². The Morgan fingerprint density at radius 2 is 2.07 bits per heavy atom. The third-order valence-corrected chi connectivity index (χ3v) is 3.60. The summed E-state index contributed by atoms with van der Waals surface area (Å²) in [6, 6.07) is 6.53. The van der Waals surface area contributed by atoms with Gasteiger partial charge in [0.2, 0.25) is 0 Å². The zero-order valence-electron chi connectivity index (χ0n) is 9.76. The van der Waals surface area contributed by atoms with Gasteiger partial charge in [0.15, 0.2) is 0 Å². The number of hydrogen-bond donors (Lipinski definition) is 1. The van der Waals surface area contributed by atoms with E-state index in [1.165, 1.54) is 17.5 Å². The van der Waals surface area contributed by atoms with Gasteiger partial charge in [-0.1, -0.05) is 48.3 Å². The maximum absolute atomic E-state index is 6.19. The number of rotatable bonds is 4. The van der Waals surface area contributed by atoms with Crippen LogP contribution < -0.4 is 5.73 Å². The largest absolute Gasteiger partial charge is 0.324 e. The highest BCUT2D eigenvalue weighted by molar-refractivity contribution is 9.10. The highest BCUT2D eigenvalue weighted by Gasteiger charge is 2.12. The second-order valence-electron chi connectivity index (χ2n) is 4.38. The first-order chi connectivity index (χ1) is 7.04. The van der Waals surface area contributed by atoms with Gasteiger partial charge >= 0.3 is 0 Å². The molecule has 0 spiro atoms. The minimum atomic E-state index is 0.148.